The summed E-state index contributed by atoms with van der Waals surface area (Å²) in [5.41, 5.74) is 1.18. The van der Waals surface area contributed by atoms with Crippen molar-refractivity contribution in [2.24, 2.45) is 11.8 Å². The predicted molar refractivity (Wildman–Crippen MR) is 109 cm³/mol. The summed E-state index contributed by atoms with van der Waals surface area (Å²) in [6, 6.07) is 10.00. The zero-order valence-electron chi connectivity index (χ0n) is 16.2. The van der Waals surface area contributed by atoms with Gasteiger partial charge in [0, 0.05) is 18.8 Å². The first-order valence-corrected chi connectivity index (χ1v) is 10.1. The normalized spacial score (nSPS) is 26.2. The second-order valence-electron chi connectivity index (χ2n) is 7.57. The summed E-state index contributed by atoms with van der Waals surface area (Å²) in [4.78, 5) is 10.5. The van der Waals surface area contributed by atoms with Crippen LogP contribution >= 0.6 is 0 Å². The molecule has 0 unspecified atom stereocenters. The smallest absolute Gasteiger partial charge is 0.303 e. The van der Waals surface area contributed by atoms with E-state index < -0.39 is 24.3 Å². The largest absolute Gasteiger partial charge is 0.481 e. The van der Waals surface area contributed by atoms with Gasteiger partial charge in [-0.3, -0.25) is 4.79 Å². The van der Waals surface area contributed by atoms with Crippen LogP contribution in [-0.2, 0) is 11.2 Å². The molecule has 1 aliphatic rings. The van der Waals surface area contributed by atoms with Crippen molar-refractivity contribution in [3.8, 4) is 0 Å². The van der Waals surface area contributed by atoms with E-state index in [-0.39, 0.29) is 18.3 Å². The molecule has 0 saturated heterocycles. The Kier molecular flexibility index (Phi) is 9.41. The molecule has 5 nitrogen and oxygen atoms in total. The van der Waals surface area contributed by atoms with Crippen molar-refractivity contribution in [1.29, 1.82) is 0 Å². The summed E-state index contributed by atoms with van der Waals surface area (Å²) in [6.45, 7) is 0. The van der Waals surface area contributed by atoms with Crippen molar-refractivity contribution in [3.63, 3.8) is 0 Å². The van der Waals surface area contributed by atoms with Crippen molar-refractivity contribution >= 4 is 5.97 Å². The third-order valence-corrected chi connectivity index (χ3v) is 5.40. The van der Waals surface area contributed by atoms with Crippen LogP contribution < -0.4 is 0 Å². The van der Waals surface area contributed by atoms with Gasteiger partial charge in [-0.15, -0.1) is 0 Å². The highest BCUT2D eigenvalue weighted by Crippen LogP contribution is 2.37. The molecule has 0 aromatic heterocycles. The van der Waals surface area contributed by atoms with E-state index in [0.717, 1.165) is 19.3 Å². The van der Waals surface area contributed by atoms with Gasteiger partial charge >= 0.3 is 5.97 Å². The fourth-order valence-corrected chi connectivity index (χ4v) is 3.82. The molecule has 4 N–H and O–H groups in total. The Hall–Kier alpha value is -1.95. The van der Waals surface area contributed by atoms with E-state index in [9.17, 15) is 20.1 Å². The van der Waals surface area contributed by atoms with Crippen LogP contribution in [0.5, 0.6) is 0 Å². The number of hydrogen-bond donors (Lipinski definition) is 4. The molecule has 1 saturated carbocycles. The van der Waals surface area contributed by atoms with Gasteiger partial charge in [0.05, 0.1) is 18.3 Å². The van der Waals surface area contributed by atoms with Crippen LogP contribution in [0.1, 0.15) is 44.1 Å². The third-order valence-electron chi connectivity index (χ3n) is 5.40. The first kappa shape index (κ1) is 22.3. The Labute approximate surface area is 167 Å². The second-order valence-corrected chi connectivity index (χ2v) is 7.57. The molecule has 0 heterocycles. The van der Waals surface area contributed by atoms with Gasteiger partial charge in [0.25, 0.3) is 0 Å². The summed E-state index contributed by atoms with van der Waals surface area (Å²) >= 11 is 0. The van der Waals surface area contributed by atoms with Crippen LogP contribution in [0.4, 0.5) is 0 Å². The lowest BCUT2D eigenvalue weighted by atomic mass is 9.88. The van der Waals surface area contributed by atoms with Crippen molar-refractivity contribution in [2.45, 2.75) is 63.3 Å². The summed E-state index contributed by atoms with van der Waals surface area (Å²) in [6.07, 6.45) is 9.47. The number of allylic oxidation sites excluding steroid dienone is 2. The number of aliphatic carboxylic acids is 1. The van der Waals surface area contributed by atoms with Crippen LogP contribution in [-0.4, -0.2) is 44.7 Å². The van der Waals surface area contributed by atoms with Crippen LogP contribution in [0.15, 0.2) is 54.6 Å². The van der Waals surface area contributed by atoms with Gasteiger partial charge in [-0.2, -0.15) is 0 Å². The SMILES string of the molecule is O=C(O)CC/C=C\CC[C@@H]1[C@@H](/C=C/[C@@H](O)CCc2ccccc2)[C@H](O)C[C@@H]1O. The van der Waals surface area contributed by atoms with Crippen LogP contribution in [0.25, 0.3) is 0 Å². The standard InChI is InChI=1S/C23H32O5/c24-18(13-12-17-8-4-3-5-9-17)14-15-20-19(21(25)16-22(20)26)10-6-1-2-7-11-23(27)28/h1-5,8-9,14-15,18-22,24-26H,6-7,10-13,16H2,(H,27,28)/b2-1-,15-14+/t18-,19+,20+,21-,22+/m0/s1. The minimum absolute atomic E-state index is 0.0586. The Bertz CT molecular complexity index is 640. The molecule has 0 aliphatic heterocycles. The molecule has 1 aromatic carbocycles. The number of hydrogen-bond acceptors (Lipinski definition) is 4. The molecule has 0 bridgehead atoms. The second kappa shape index (κ2) is 11.8. The Balaban J connectivity index is 1.81. The molecule has 0 amide bonds. The maximum absolute atomic E-state index is 10.5. The highest BCUT2D eigenvalue weighted by atomic mass is 16.4. The number of carboxylic acids is 1. The first-order chi connectivity index (χ1) is 13.5. The minimum atomic E-state index is -0.810. The Morgan fingerprint density at radius 1 is 1.11 bits per heavy atom. The van der Waals surface area contributed by atoms with E-state index >= 15 is 0 Å². The van der Waals surface area contributed by atoms with Crippen LogP contribution in [0, 0.1) is 11.8 Å². The zero-order chi connectivity index (χ0) is 20.4. The lowest BCUT2D eigenvalue weighted by molar-refractivity contribution is -0.136. The molecule has 1 aliphatic carbocycles. The molecule has 28 heavy (non-hydrogen) atoms. The van der Waals surface area contributed by atoms with E-state index in [1.54, 1.807) is 6.08 Å². The van der Waals surface area contributed by atoms with Crippen LogP contribution in [0.3, 0.4) is 0 Å². The number of aryl methyl sites for hydroxylation is 1. The number of carbonyl (C=O) groups is 1. The van der Waals surface area contributed by atoms with Gasteiger partial charge in [-0.1, -0.05) is 54.6 Å². The van der Waals surface area contributed by atoms with E-state index in [2.05, 4.69) is 0 Å². The maximum Gasteiger partial charge on any atom is 0.303 e. The Morgan fingerprint density at radius 2 is 1.82 bits per heavy atom. The lowest BCUT2D eigenvalue weighted by Gasteiger charge is -2.20. The van der Waals surface area contributed by atoms with E-state index in [1.165, 1.54) is 5.56 Å². The zero-order valence-corrected chi connectivity index (χ0v) is 16.2. The van der Waals surface area contributed by atoms with Gasteiger partial charge < -0.3 is 20.4 Å². The molecule has 154 valence electrons. The molecule has 5 atom stereocenters. The number of aliphatic hydroxyl groups is 3. The van der Waals surface area contributed by atoms with Crippen molar-refractivity contribution in [2.75, 3.05) is 0 Å². The molecule has 1 fully saturated rings. The van der Waals surface area contributed by atoms with Crippen molar-refractivity contribution < 1.29 is 25.2 Å². The molecule has 0 radical (unpaired) electrons. The number of rotatable bonds is 11. The summed E-state index contributed by atoms with van der Waals surface area (Å²) < 4.78 is 0. The minimum Gasteiger partial charge on any atom is -0.481 e. The molecule has 2 rings (SSSR count). The number of aliphatic hydroxyl groups excluding tert-OH is 3. The van der Waals surface area contributed by atoms with Gasteiger partial charge in [0.2, 0.25) is 0 Å². The molecular weight excluding hydrogens is 356 g/mol. The van der Waals surface area contributed by atoms with Crippen molar-refractivity contribution in [3.05, 3.63) is 60.2 Å². The highest BCUT2D eigenvalue weighted by molar-refractivity contribution is 5.66. The van der Waals surface area contributed by atoms with Crippen molar-refractivity contribution in [1.82, 2.24) is 0 Å². The monoisotopic (exact) mass is 388 g/mol. The predicted octanol–water partition coefficient (Wildman–Crippen LogP) is 3.10. The molecular formula is C23H32O5. The van der Waals surface area contributed by atoms with Gasteiger partial charge in [-0.25, -0.2) is 0 Å². The lowest BCUT2D eigenvalue weighted by Crippen LogP contribution is -2.21. The summed E-state index contributed by atoms with van der Waals surface area (Å²) in [5.74, 6) is -1.04. The van der Waals surface area contributed by atoms with Gasteiger partial charge in [0.15, 0.2) is 0 Å². The topological polar surface area (TPSA) is 98.0 Å². The number of carboxylic acid groups (broad SMARTS) is 1. The highest BCUT2D eigenvalue weighted by Gasteiger charge is 2.39. The van der Waals surface area contributed by atoms with Crippen LogP contribution in [0.2, 0.25) is 0 Å². The van der Waals surface area contributed by atoms with Gasteiger partial charge in [-0.05, 0) is 43.6 Å². The first-order valence-electron chi connectivity index (χ1n) is 10.1. The average molecular weight is 389 g/mol. The fraction of sp³-hybridized carbons (Fsp3) is 0.522. The maximum atomic E-state index is 10.5. The number of benzene rings is 1. The van der Waals surface area contributed by atoms with E-state index in [1.807, 2.05) is 48.6 Å². The van der Waals surface area contributed by atoms with E-state index in [0.29, 0.717) is 19.3 Å². The van der Waals surface area contributed by atoms with Gasteiger partial charge in [0.1, 0.15) is 0 Å². The summed E-state index contributed by atoms with van der Waals surface area (Å²) in [7, 11) is 0. The quantitative estimate of drug-likeness (QED) is 0.437. The fourth-order valence-electron chi connectivity index (χ4n) is 3.82. The third kappa shape index (κ3) is 7.58. The average Bonchev–Trinajstić information content (AvgIpc) is 2.94. The summed E-state index contributed by atoms with van der Waals surface area (Å²) in [5, 5.41) is 39.4. The Morgan fingerprint density at radius 3 is 2.54 bits per heavy atom. The molecule has 0 spiro atoms. The molecule has 1 aromatic rings. The van der Waals surface area contributed by atoms with E-state index in [4.69, 9.17) is 5.11 Å². The molecule has 5 heteroatoms.